The molecule has 0 amide bonds. The molecule has 0 radical (unpaired) electrons. The Labute approximate surface area is 106 Å². The van der Waals surface area contributed by atoms with Crippen molar-refractivity contribution in [3.63, 3.8) is 0 Å². The molecule has 1 rings (SSSR count). The number of methoxy groups -OCH3 is 1. The maximum absolute atomic E-state index is 10.9. The third-order valence-electron chi connectivity index (χ3n) is 2.62. The zero-order chi connectivity index (χ0) is 13.0. The van der Waals surface area contributed by atoms with Gasteiger partial charge in [0.15, 0.2) is 0 Å². The predicted molar refractivity (Wildman–Crippen MR) is 67.8 cm³/mol. The average molecular weight is 258 g/mol. The summed E-state index contributed by atoms with van der Waals surface area (Å²) in [5.41, 5.74) is 0.708. The first kappa shape index (κ1) is 13.8. The van der Waals surface area contributed by atoms with E-state index >= 15 is 0 Å². The molecule has 0 N–H and O–H groups in total. The Kier molecular flexibility index (Phi) is 4.75. The molecule has 1 aromatic carbocycles. The van der Waals surface area contributed by atoms with Gasteiger partial charge >= 0.3 is 0 Å². The summed E-state index contributed by atoms with van der Waals surface area (Å²) in [7, 11) is 1.53. The molecular formula is C12H16ClNO3. The zero-order valence-electron chi connectivity index (χ0n) is 10.1. The third kappa shape index (κ3) is 3.60. The maximum Gasteiger partial charge on any atom is 0.272 e. The van der Waals surface area contributed by atoms with E-state index in [4.69, 9.17) is 16.3 Å². The molecule has 17 heavy (non-hydrogen) atoms. The number of ether oxygens (including phenoxy) is 1. The van der Waals surface area contributed by atoms with Gasteiger partial charge in [0.2, 0.25) is 0 Å². The van der Waals surface area contributed by atoms with Gasteiger partial charge in [0.05, 0.1) is 12.0 Å². The van der Waals surface area contributed by atoms with Crippen molar-refractivity contribution in [1.29, 1.82) is 0 Å². The van der Waals surface area contributed by atoms with Gasteiger partial charge in [-0.25, -0.2) is 0 Å². The highest BCUT2D eigenvalue weighted by atomic mass is 35.5. The number of hydrogen-bond donors (Lipinski definition) is 0. The molecule has 94 valence electrons. The minimum atomic E-state index is -0.390. The lowest BCUT2D eigenvalue weighted by molar-refractivity contribution is -0.385. The van der Waals surface area contributed by atoms with E-state index in [-0.39, 0.29) is 17.0 Å². The summed E-state index contributed by atoms with van der Waals surface area (Å²) in [6.07, 6.45) is 0.465. The molecule has 0 saturated carbocycles. The number of rotatable bonds is 5. The lowest BCUT2D eigenvalue weighted by Gasteiger charge is -2.13. The van der Waals surface area contributed by atoms with Crippen LogP contribution >= 0.6 is 11.6 Å². The Morgan fingerprint density at radius 1 is 1.47 bits per heavy atom. The lowest BCUT2D eigenvalue weighted by Crippen LogP contribution is -2.12. The van der Waals surface area contributed by atoms with Gasteiger partial charge in [-0.15, -0.1) is 11.6 Å². The normalized spacial score (nSPS) is 12.5. The molecule has 0 aliphatic heterocycles. The summed E-state index contributed by atoms with van der Waals surface area (Å²) in [4.78, 5) is 10.5. The molecule has 1 aromatic rings. The van der Waals surface area contributed by atoms with Crippen molar-refractivity contribution >= 4 is 17.3 Å². The van der Waals surface area contributed by atoms with Gasteiger partial charge in [-0.1, -0.05) is 13.8 Å². The van der Waals surface area contributed by atoms with Crippen molar-refractivity contribution in [2.24, 2.45) is 5.92 Å². The molecule has 0 spiro atoms. The van der Waals surface area contributed by atoms with Crippen molar-refractivity contribution < 1.29 is 9.66 Å². The smallest absolute Gasteiger partial charge is 0.272 e. The highest BCUT2D eigenvalue weighted by Crippen LogP contribution is 2.27. The minimum absolute atomic E-state index is 0.0945. The fourth-order valence-corrected chi connectivity index (χ4v) is 1.64. The number of nitro groups is 1. The largest absolute Gasteiger partial charge is 0.497 e. The van der Waals surface area contributed by atoms with E-state index in [1.165, 1.54) is 13.2 Å². The predicted octanol–water partition coefficient (Wildman–Crippen LogP) is 3.41. The van der Waals surface area contributed by atoms with Gasteiger partial charge in [0.1, 0.15) is 5.75 Å². The summed E-state index contributed by atoms with van der Waals surface area (Å²) < 4.78 is 5.07. The summed E-state index contributed by atoms with van der Waals surface area (Å²) in [5, 5.41) is 10.8. The highest BCUT2D eigenvalue weighted by molar-refractivity contribution is 6.20. The summed E-state index contributed by atoms with van der Waals surface area (Å²) in [6, 6.07) is 4.72. The van der Waals surface area contributed by atoms with Crippen LogP contribution in [0.2, 0.25) is 0 Å². The fraction of sp³-hybridized carbons (Fsp3) is 0.500. The molecule has 5 heteroatoms. The Morgan fingerprint density at radius 3 is 2.59 bits per heavy atom. The summed E-state index contributed by atoms with van der Waals surface area (Å²) in [5.74, 6) is 0.876. The average Bonchev–Trinajstić information content (AvgIpc) is 2.28. The van der Waals surface area contributed by atoms with E-state index in [2.05, 4.69) is 0 Å². The Hall–Kier alpha value is -1.29. The Morgan fingerprint density at radius 2 is 2.12 bits per heavy atom. The molecule has 0 heterocycles. The van der Waals surface area contributed by atoms with E-state index in [0.717, 1.165) is 0 Å². The van der Waals surface area contributed by atoms with Crippen LogP contribution in [0.3, 0.4) is 0 Å². The topological polar surface area (TPSA) is 52.4 Å². The molecule has 1 atom stereocenters. The number of alkyl halides is 1. The first-order chi connectivity index (χ1) is 7.95. The molecule has 1 unspecified atom stereocenters. The van der Waals surface area contributed by atoms with E-state index < -0.39 is 4.92 Å². The van der Waals surface area contributed by atoms with Gasteiger partial charge in [-0.3, -0.25) is 10.1 Å². The van der Waals surface area contributed by atoms with Crippen molar-refractivity contribution in [3.05, 3.63) is 33.9 Å². The van der Waals surface area contributed by atoms with Gasteiger partial charge < -0.3 is 4.74 Å². The third-order valence-corrected chi connectivity index (χ3v) is 3.28. The van der Waals surface area contributed by atoms with E-state index in [1.54, 1.807) is 12.1 Å². The Balaban J connectivity index is 3.05. The molecule has 0 aliphatic rings. The fourth-order valence-electron chi connectivity index (χ4n) is 1.48. The molecule has 0 aromatic heterocycles. The first-order valence-electron chi connectivity index (χ1n) is 5.41. The number of benzene rings is 1. The monoisotopic (exact) mass is 257 g/mol. The van der Waals surface area contributed by atoms with Crippen LogP contribution in [0.1, 0.15) is 19.4 Å². The van der Waals surface area contributed by atoms with Crippen LogP contribution in [0.5, 0.6) is 5.75 Å². The molecule has 0 saturated heterocycles. The van der Waals surface area contributed by atoms with Gasteiger partial charge in [0.25, 0.3) is 5.69 Å². The van der Waals surface area contributed by atoms with E-state index in [0.29, 0.717) is 17.7 Å². The highest BCUT2D eigenvalue weighted by Gasteiger charge is 2.19. The number of halogens is 1. The van der Waals surface area contributed by atoms with Crippen LogP contribution in [-0.4, -0.2) is 17.4 Å². The van der Waals surface area contributed by atoms with E-state index in [1.807, 2.05) is 13.8 Å². The lowest BCUT2D eigenvalue weighted by atomic mass is 10.0. The molecule has 0 aliphatic carbocycles. The van der Waals surface area contributed by atoms with Crippen LogP contribution in [0.25, 0.3) is 0 Å². The molecule has 4 nitrogen and oxygen atoms in total. The molecule has 0 bridgehead atoms. The van der Waals surface area contributed by atoms with Gasteiger partial charge in [-0.05, 0) is 24.5 Å². The van der Waals surface area contributed by atoms with Crippen molar-refractivity contribution in [3.8, 4) is 5.75 Å². The van der Waals surface area contributed by atoms with Crippen LogP contribution in [0, 0.1) is 16.0 Å². The van der Waals surface area contributed by atoms with Crippen molar-refractivity contribution in [1.82, 2.24) is 0 Å². The zero-order valence-corrected chi connectivity index (χ0v) is 10.9. The second-order valence-corrected chi connectivity index (χ2v) is 4.78. The number of nitro benzene ring substituents is 1. The first-order valence-corrected chi connectivity index (χ1v) is 5.84. The van der Waals surface area contributed by atoms with Crippen LogP contribution < -0.4 is 4.74 Å². The van der Waals surface area contributed by atoms with Crippen molar-refractivity contribution in [2.45, 2.75) is 25.6 Å². The van der Waals surface area contributed by atoms with Crippen molar-refractivity contribution in [2.75, 3.05) is 7.11 Å². The van der Waals surface area contributed by atoms with Crippen LogP contribution in [-0.2, 0) is 6.42 Å². The summed E-state index contributed by atoms with van der Waals surface area (Å²) >= 11 is 6.16. The number of hydrogen-bond acceptors (Lipinski definition) is 3. The minimum Gasteiger partial charge on any atom is -0.497 e. The standard InChI is InChI=1S/C12H16ClNO3/c1-8(2)11(13)7-9-6-10(17-3)4-5-12(9)14(15)16/h4-6,8,11H,7H2,1-3H3. The van der Waals surface area contributed by atoms with Gasteiger partial charge in [-0.2, -0.15) is 0 Å². The second kappa shape index (κ2) is 5.87. The molecule has 0 fully saturated rings. The van der Waals surface area contributed by atoms with E-state index in [9.17, 15) is 10.1 Å². The van der Waals surface area contributed by atoms with Gasteiger partial charge in [0, 0.05) is 17.0 Å². The molecular weight excluding hydrogens is 242 g/mol. The number of nitrogens with zero attached hydrogens (tertiary/aromatic N) is 1. The summed E-state index contributed by atoms with van der Waals surface area (Å²) in [6.45, 7) is 3.98. The maximum atomic E-state index is 10.9. The van der Waals surface area contributed by atoms with Crippen LogP contribution in [0.15, 0.2) is 18.2 Å². The Bertz CT molecular complexity index is 407. The second-order valence-electron chi connectivity index (χ2n) is 4.22. The quantitative estimate of drug-likeness (QED) is 0.461. The van der Waals surface area contributed by atoms with Crippen LogP contribution in [0.4, 0.5) is 5.69 Å². The SMILES string of the molecule is COc1ccc([N+](=O)[O-])c(CC(Cl)C(C)C)c1.